The molecule has 1 aliphatic rings. The van der Waals surface area contributed by atoms with E-state index in [4.69, 9.17) is 4.74 Å². The van der Waals surface area contributed by atoms with Crippen LogP contribution in [0.5, 0.6) is 0 Å². The maximum Gasteiger partial charge on any atom is 0.0469 e. The van der Waals surface area contributed by atoms with Crippen molar-refractivity contribution in [3.63, 3.8) is 0 Å². The molecule has 0 aromatic carbocycles. The van der Waals surface area contributed by atoms with Crippen molar-refractivity contribution in [2.75, 3.05) is 20.3 Å². The highest BCUT2D eigenvalue weighted by Crippen LogP contribution is 2.21. The van der Waals surface area contributed by atoms with Crippen LogP contribution in [0.2, 0.25) is 0 Å². The number of ether oxygens (including phenoxy) is 1. The van der Waals surface area contributed by atoms with Gasteiger partial charge in [0.1, 0.15) is 0 Å². The van der Waals surface area contributed by atoms with Crippen molar-refractivity contribution < 1.29 is 4.74 Å². The van der Waals surface area contributed by atoms with Gasteiger partial charge in [-0.1, -0.05) is 6.07 Å². The van der Waals surface area contributed by atoms with E-state index in [-0.39, 0.29) is 0 Å². The Morgan fingerprint density at radius 2 is 2.31 bits per heavy atom. The Labute approximate surface area is 97.2 Å². The van der Waals surface area contributed by atoms with Crippen molar-refractivity contribution in [2.45, 2.75) is 25.3 Å². The highest BCUT2D eigenvalue weighted by atomic mass is 16.5. The Bertz CT molecular complexity index is 296. The number of pyridine rings is 1. The Morgan fingerprint density at radius 3 is 2.94 bits per heavy atom. The first-order valence-electron chi connectivity index (χ1n) is 6.04. The number of hydrogen-bond donors (Lipinski definition) is 1. The summed E-state index contributed by atoms with van der Waals surface area (Å²) < 4.78 is 5.40. The zero-order valence-electron chi connectivity index (χ0n) is 9.86. The summed E-state index contributed by atoms with van der Waals surface area (Å²) in [6.45, 7) is 1.83. The molecular formula is C13H20N2O. The molecule has 0 bridgehead atoms. The van der Waals surface area contributed by atoms with E-state index in [9.17, 15) is 0 Å². The van der Waals surface area contributed by atoms with Gasteiger partial charge in [-0.15, -0.1) is 0 Å². The first-order chi connectivity index (χ1) is 7.90. The summed E-state index contributed by atoms with van der Waals surface area (Å²) >= 11 is 0. The largest absolute Gasteiger partial charge is 0.381 e. The van der Waals surface area contributed by atoms with Gasteiger partial charge in [-0.05, 0) is 43.9 Å². The van der Waals surface area contributed by atoms with Crippen molar-refractivity contribution in [3.8, 4) is 0 Å². The van der Waals surface area contributed by atoms with Gasteiger partial charge in [-0.25, -0.2) is 0 Å². The van der Waals surface area contributed by atoms with Gasteiger partial charge in [-0.3, -0.25) is 4.98 Å². The molecule has 0 radical (unpaired) electrons. The predicted octanol–water partition coefficient (Wildman–Crippen LogP) is 1.64. The fourth-order valence-corrected chi connectivity index (χ4v) is 2.40. The molecule has 1 atom stereocenters. The second kappa shape index (κ2) is 5.97. The lowest BCUT2D eigenvalue weighted by molar-refractivity contribution is 0.0547. The van der Waals surface area contributed by atoms with Crippen LogP contribution in [-0.4, -0.2) is 31.3 Å². The van der Waals surface area contributed by atoms with E-state index in [2.05, 4.69) is 23.4 Å². The van der Waals surface area contributed by atoms with Gasteiger partial charge >= 0.3 is 0 Å². The average Bonchev–Trinajstić information content (AvgIpc) is 2.38. The van der Waals surface area contributed by atoms with E-state index >= 15 is 0 Å². The van der Waals surface area contributed by atoms with Crippen LogP contribution in [0.4, 0.5) is 0 Å². The molecule has 0 aliphatic carbocycles. The third kappa shape index (κ3) is 3.03. The van der Waals surface area contributed by atoms with Gasteiger partial charge in [0.15, 0.2) is 0 Å². The Hall–Kier alpha value is -0.930. The number of nitrogens with zero attached hydrogens (tertiary/aromatic N) is 1. The van der Waals surface area contributed by atoms with E-state index < -0.39 is 0 Å². The molecule has 1 unspecified atom stereocenters. The standard InChI is InChI=1S/C13H20N2O/c1-14-13(12-4-7-16-8-5-12)9-11-3-2-6-15-10-11/h2-3,6,10,12-14H,4-5,7-9H2,1H3. The third-order valence-corrected chi connectivity index (χ3v) is 3.38. The predicted molar refractivity (Wildman–Crippen MR) is 64.3 cm³/mol. The lowest BCUT2D eigenvalue weighted by atomic mass is 9.88. The van der Waals surface area contributed by atoms with E-state index in [0.29, 0.717) is 6.04 Å². The molecule has 1 aromatic heterocycles. The molecule has 1 aliphatic heterocycles. The highest BCUT2D eigenvalue weighted by Gasteiger charge is 2.22. The summed E-state index contributed by atoms with van der Waals surface area (Å²) in [4.78, 5) is 4.16. The van der Waals surface area contributed by atoms with Crippen LogP contribution < -0.4 is 5.32 Å². The lowest BCUT2D eigenvalue weighted by Gasteiger charge is -2.30. The fraction of sp³-hybridized carbons (Fsp3) is 0.615. The minimum atomic E-state index is 0.549. The first kappa shape index (κ1) is 11.6. The molecule has 88 valence electrons. The monoisotopic (exact) mass is 220 g/mol. The number of hydrogen-bond acceptors (Lipinski definition) is 3. The summed E-state index contributed by atoms with van der Waals surface area (Å²) in [7, 11) is 2.05. The van der Waals surface area contributed by atoms with Crippen LogP contribution >= 0.6 is 0 Å². The number of nitrogens with one attached hydrogen (secondary N) is 1. The third-order valence-electron chi connectivity index (χ3n) is 3.38. The fourth-order valence-electron chi connectivity index (χ4n) is 2.40. The smallest absolute Gasteiger partial charge is 0.0469 e. The molecule has 2 heterocycles. The maximum absolute atomic E-state index is 5.40. The lowest BCUT2D eigenvalue weighted by Crippen LogP contribution is -2.38. The summed E-state index contributed by atoms with van der Waals surface area (Å²) in [5, 5.41) is 3.44. The van der Waals surface area contributed by atoms with E-state index in [1.165, 1.54) is 18.4 Å². The van der Waals surface area contributed by atoms with Crippen LogP contribution in [0.15, 0.2) is 24.5 Å². The molecule has 0 saturated carbocycles. The van der Waals surface area contributed by atoms with Crippen molar-refractivity contribution >= 4 is 0 Å². The van der Waals surface area contributed by atoms with Gasteiger partial charge in [-0.2, -0.15) is 0 Å². The molecule has 16 heavy (non-hydrogen) atoms. The summed E-state index contributed by atoms with van der Waals surface area (Å²) in [6, 6.07) is 4.70. The van der Waals surface area contributed by atoms with Gasteiger partial charge in [0, 0.05) is 31.6 Å². The molecule has 0 spiro atoms. The number of rotatable bonds is 4. The van der Waals surface area contributed by atoms with E-state index in [1.807, 2.05) is 18.5 Å². The molecule has 0 amide bonds. The molecular weight excluding hydrogens is 200 g/mol. The minimum absolute atomic E-state index is 0.549. The highest BCUT2D eigenvalue weighted by molar-refractivity contribution is 5.10. The molecule has 2 rings (SSSR count). The van der Waals surface area contributed by atoms with Crippen LogP contribution in [0.3, 0.4) is 0 Å². The Kier molecular flexibility index (Phi) is 4.31. The van der Waals surface area contributed by atoms with E-state index in [0.717, 1.165) is 25.6 Å². The minimum Gasteiger partial charge on any atom is -0.381 e. The average molecular weight is 220 g/mol. The second-order valence-electron chi connectivity index (χ2n) is 4.41. The van der Waals surface area contributed by atoms with Gasteiger partial charge < -0.3 is 10.1 Å². The summed E-state index contributed by atoms with van der Waals surface area (Å²) in [5.74, 6) is 0.735. The topological polar surface area (TPSA) is 34.2 Å². The maximum atomic E-state index is 5.40. The molecule has 3 heteroatoms. The zero-order valence-corrected chi connectivity index (χ0v) is 9.86. The summed E-state index contributed by atoms with van der Waals surface area (Å²) in [5.41, 5.74) is 1.31. The first-order valence-corrected chi connectivity index (χ1v) is 6.04. The van der Waals surface area contributed by atoms with Gasteiger partial charge in [0.2, 0.25) is 0 Å². The molecule has 1 N–H and O–H groups in total. The molecule has 1 saturated heterocycles. The van der Waals surface area contributed by atoms with Crippen LogP contribution in [0, 0.1) is 5.92 Å². The Balaban J connectivity index is 1.94. The van der Waals surface area contributed by atoms with Crippen molar-refractivity contribution in [3.05, 3.63) is 30.1 Å². The molecule has 1 aromatic rings. The van der Waals surface area contributed by atoms with Crippen molar-refractivity contribution in [2.24, 2.45) is 5.92 Å². The normalized spacial score (nSPS) is 19.6. The second-order valence-corrected chi connectivity index (χ2v) is 4.41. The number of aromatic nitrogens is 1. The van der Waals surface area contributed by atoms with Crippen LogP contribution in [-0.2, 0) is 11.2 Å². The molecule has 1 fully saturated rings. The zero-order chi connectivity index (χ0) is 11.2. The van der Waals surface area contributed by atoms with Crippen molar-refractivity contribution in [1.82, 2.24) is 10.3 Å². The van der Waals surface area contributed by atoms with E-state index in [1.54, 1.807) is 0 Å². The molecule has 3 nitrogen and oxygen atoms in total. The summed E-state index contributed by atoms with van der Waals surface area (Å²) in [6.07, 6.45) is 7.20. The SMILES string of the molecule is CNC(Cc1cccnc1)C1CCOCC1. The van der Waals surface area contributed by atoms with Crippen molar-refractivity contribution in [1.29, 1.82) is 0 Å². The number of likely N-dealkylation sites (N-methyl/N-ethyl adjacent to an activating group) is 1. The van der Waals surface area contributed by atoms with Crippen LogP contribution in [0.25, 0.3) is 0 Å². The quantitative estimate of drug-likeness (QED) is 0.837. The van der Waals surface area contributed by atoms with Crippen LogP contribution in [0.1, 0.15) is 18.4 Å². The Morgan fingerprint density at radius 1 is 1.50 bits per heavy atom. The van der Waals surface area contributed by atoms with Gasteiger partial charge in [0.25, 0.3) is 0 Å². The van der Waals surface area contributed by atoms with Gasteiger partial charge in [0.05, 0.1) is 0 Å².